The van der Waals surface area contributed by atoms with Gasteiger partial charge in [-0.25, -0.2) is 4.79 Å². The smallest absolute Gasteiger partial charge is 0.410 e. The summed E-state index contributed by atoms with van der Waals surface area (Å²) in [6.07, 6.45) is 3.08. The van der Waals surface area contributed by atoms with Crippen LogP contribution in [0.3, 0.4) is 0 Å². The molecule has 0 bridgehead atoms. The van der Waals surface area contributed by atoms with E-state index in [1.807, 2.05) is 20.8 Å². The van der Waals surface area contributed by atoms with Gasteiger partial charge in [-0.3, -0.25) is 4.79 Å². The van der Waals surface area contributed by atoms with Crippen LogP contribution in [0.25, 0.3) is 0 Å². The maximum Gasteiger partial charge on any atom is 0.410 e. The first-order valence-electron chi connectivity index (χ1n) is 7.22. The van der Waals surface area contributed by atoms with Crippen LogP contribution in [0.1, 0.15) is 39.7 Å². The van der Waals surface area contributed by atoms with E-state index in [0.29, 0.717) is 13.1 Å². The van der Waals surface area contributed by atoms with Gasteiger partial charge in [0.15, 0.2) is 0 Å². The number of hydrogen-bond acceptors (Lipinski definition) is 4. The number of carbonyl (C=O) groups is 1. The van der Waals surface area contributed by atoms with Crippen molar-refractivity contribution in [2.24, 2.45) is 0 Å². The first-order valence-corrected chi connectivity index (χ1v) is 7.22. The highest BCUT2D eigenvalue weighted by atomic mass is 16.6. The fourth-order valence-electron chi connectivity index (χ4n) is 2.49. The number of amides is 1. The number of hydrogen-bond donors (Lipinski definition) is 1. The summed E-state index contributed by atoms with van der Waals surface area (Å²) in [6, 6.07) is 3.29. The zero-order valence-electron chi connectivity index (χ0n) is 12.8. The van der Waals surface area contributed by atoms with Gasteiger partial charge in [-0.1, -0.05) is 0 Å². The minimum atomic E-state index is -0.516. The van der Waals surface area contributed by atoms with Gasteiger partial charge in [-0.2, -0.15) is 0 Å². The Kier molecular flexibility index (Phi) is 4.25. The fraction of sp³-hybridized carbons (Fsp3) is 0.600. The number of piperidine rings is 1. The highest BCUT2D eigenvalue weighted by Gasteiger charge is 2.28. The number of nitrogens with two attached hydrogens (primary N) is 1. The van der Waals surface area contributed by atoms with E-state index in [9.17, 15) is 9.59 Å². The molecular formula is C15H23N3O3. The lowest BCUT2D eigenvalue weighted by Gasteiger charge is -2.34. The maximum atomic E-state index is 12.1. The van der Waals surface area contributed by atoms with Crippen molar-refractivity contribution in [2.45, 2.75) is 45.3 Å². The predicted octanol–water partition coefficient (Wildman–Crippen LogP) is 2.00. The molecule has 1 aliphatic rings. The summed E-state index contributed by atoms with van der Waals surface area (Å²) in [4.78, 5) is 25.9. The quantitative estimate of drug-likeness (QED) is 0.859. The molecule has 1 atom stereocenters. The Morgan fingerprint density at radius 2 is 2.14 bits per heavy atom. The van der Waals surface area contributed by atoms with Crippen molar-refractivity contribution in [1.29, 1.82) is 0 Å². The molecule has 2 N–H and O–H groups in total. The zero-order valence-corrected chi connectivity index (χ0v) is 12.8. The Balaban J connectivity index is 2.12. The Morgan fingerprint density at radius 1 is 1.43 bits per heavy atom. The van der Waals surface area contributed by atoms with Gasteiger partial charge in [-0.05, 0) is 45.7 Å². The lowest BCUT2D eigenvalue weighted by molar-refractivity contribution is 0.0171. The van der Waals surface area contributed by atoms with Crippen molar-refractivity contribution in [3.05, 3.63) is 28.7 Å². The number of carbonyl (C=O) groups excluding carboxylic acids is 1. The molecule has 0 saturated carbocycles. The number of anilines is 1. The maximum absolute atomic E-state index is 12.1. The van der Waals surface area contributed by atoms with E-state index in [-0.39, 0.29) is 23.4 Å². The van der Waals surface area contributed by atoms with Crippen LogP contribution in [-0.2, 0) is 4.74 Å². The van der Waals surface area contributed by atoms with Crippen molar-refractivity contribution < 1.29 is 9.53 Å². The summed E-state index contributed by atoms with van der Waals surface area (Å²) >= 11 is 0. The van der Waals surface area contributed by atoms with E-state index in [1.165, 1.54) is 0 Å². The minimum Gasteiger partial charge on any atom is -0.444 e. The normalized spacial score (nSPS) is 19.4. The number of nitrogen functional groups attached to an aromatic ring is 1. The van der Waals surface area contributed by atoms with Gasteiger partial charge in [0.25, 0.3) is 5.56 Å². The molecule has 1 saturated heterocycles. The van der Waals surface area contributed by atoms with E-state index in [1.54, 1.807) is 27.8 Å². The van der Waals surface area contributed by atoms with E-state index < -0.39 is 5.60 Å². The second-order valence-electron chi connectivity index (χ2n) is 6.40. The summed E-state index contributed by atoms with van der Waals surface area (Å²) in [6.45, 7) is 6.65. The third kappa shape index (κ3) is 3.77. The number of ether oxygens (including phenoxy) is 1. The first kappa shape index (κ1) is 15.4. The second-order valence-corrected chi connectivity index (χ2v) is 6.40. The van der Waals surface area contributed by atoms with Crippen molar-refractivity contribution >= 4 is 11.8 Å². The molecule has 6 heteroatoms. The van der Waals surface area contributed by atoms with Gasteiger partial charge in [-0.15, -0.1) is 0 Å². The molecule has 1 aromatic rings. The number of rotatable bonds is 1. The number of pyridine rings is 1. The summed E-state index contributed by atoms with van der Waals surface area (Å²) in [5.41, 5.74) is 5.18. The van der Waals surface area contributed by atoms with Gasteiger partial charge >= 0.3 is 6.09 Å². The van der Waals surface area contributed by atoms with Crippen molar-refractivity contribution in [3.63, 3.8) is 0 Å². The van der Waals surface area contributed by atoms with E-state index in [4.69, 9.17) is 10.5 Å². The van der Waals surface area contributed by atoms with E-state index in [0.717, 1.165) is 12.8 Å². The van der Waals surface area contributed by atoms with E-state index in [2.05, 4.69) is 0 Å². The highest BCUT2D eigenvalue weighted by Crippen LogP contribution is 2.22. The monoisotopic (exact) mass is 293 g/mol. The van der Waals surface area contributed by atoms with Gasteiger partial charge in [0, 0.05) is 19.3 Å². The number of likely N-dealkylation sites (tertiary alicyclic amines) is 1. The van der Waals surface area contributed by atoms with Crippen LogP contribution in [-0.4, -0.2) is 34.3 Å². The zero-order chi connectivity index (χ0) is 15.6. The van der Waals surface area contributed by atoms with Crippen molar-refractivity contribution in [1.82, 2.24) is 9.47 Å². The predicted molar refractivity (Wildman–Crippen MR) is 81.2 cm³/mol. The SMILES string of the molecule is CC(C)(C)OC(=O)N1CCC[C@@H](n2cccc(N)c2=O)C1. The van der Waals surface area contributed by atoms with Gasteiger partial charge in [0.1, 0.15) is 5.60 Å². The molecule has 1 aromatic heterocycles. The average molecular weight is 293 g/mol. The number of aromatic nitrogens is 1. The second kappa shape index (κ2) is 5.79. The van der Waals surface area contributed by atoms with E-state index >= 15 is 0 Å². The molecule has 2 heterocycles. The van der Waals surface area contributed by atoms with Gasteiger partial charge < -0.3 is 19.9 Å². The van der Waals surface area contributed by atoms with Crippen LogP contribution >= 0.6 is 0 Å². The molecule has 21 heavy (non-hydrogen) atoms. The molecule has 6 nitrogen and oxygen atoms in total. The topological polar surface area (TPSA) is 77.6 Å². The summed E-state index contributed by atoms with van der Waals surface area (Å²) < 4.78 is 7.01. The van der Waals surface area contributed by atoms with Crippen LogP contribution in [0.5, 0.6) is 0 Å². The van der Waals surface area contributed by atoms with Gasteiger partial charge in [0.05, 0.1) is 11.7 Å². The van der Waals surface area contributed by atoms with Crippen molar-refractivity contribution in [3.8, 4) is 0 Å². The van der Waals surface area contributed by atoms with Crippen molar-refractivity contribution in [2.75, 3.05) is 18.8 Å². The van der Waals surface area contributed by atoms with Crippen LogP contribution in [0.4, 0.5) is 10.5 Å². The molecule has 0 aliphatic carbocycles. The minimum absolute atomic E-state index is 0.0535. The molecule has 0 spiro atoms. The lowest BCUT2D eigenvalue weighted by atomic mass is 10.1. The Morgan fingerprint density at radius 3 is 2.81 bits per heavy atom. The molecular weight excluding hydrogens is 270 g/mol. The first-order chi connectivity index (χ1) is 9.78. The Labute approximate surface area is 124 Å². The summed E-state index contributed by atoms with van der Waals surface area (Å²) in [5, 5.41) is 0. The van der Waals surface area contributed by atoms with Gasteiger partial charge in [0.2, 0.25) is 0 Å². The highest BCUT2D eigenvalue weighted by molar-refractivity contribution is 5.68. The molecule has 2 rings (SSSR count). The molecule has 0 aromatic carbocycles. The third-order valence-electron chi connectivity index (χ3n) is 3.45. The van der Waals surface area contributed by atoms with Crippen LogP contribution in [0.15, 0.2) is 23.1 Å². The van der Waals surface area contributed by atoms with Crippen LogP contribution in [0.2, 0.25) is 0 Å². The summed E-state index contributed by atoms with van der Waals surface area (Å²) in [5.74, 6) is 0. The molecule has 0 unspecified atom stereocenters. The van der Waals surface area contributed by atoms with Crippen LogP contribution in [0, 0.1) is 0 Å². The average Bonchev–Trinajstić information content (AvgIpc) is 2.40. The Bertz CT molecular complexity index is 574. The molecule has 1 aliphatic heterocycles. The molecule has 0 radical (unpaired) electrons. The largest absolute Gasteiger partial charge is 0.444 e. The molecule has 1 amide bonds. The Hall–Kier alpha value is -1.98. The van der Waals surface area contributed by atoms with Crippen LogP contribution < -0.4 is 11.3 Å². The lowest BCUT2D eigenvalue weighted by Crippen LogP contribution is -2.45. The standard InChI is InChI=1S/C15H23N3O3/c1-15(2,3)21-14(20)17-8-4-6-11(10-17)18-9-5-7-12(16)13(18)19/h5,7,9,11H,4,6,8,10,16H2,1-3H3/t11-/m1/s1. The fourth-order valence-corrected chi connectivity index (χ4v) is 2.49. The molecule has 116 valence electrons. The third-order valence-corrected chi connectivity index (χ3v) is 3.45. The number of nitrogens with zero attached hydrogens (tertiary/aromatic N) is 2. The summed E-state index contributed by atoms with van der Waals surface area (Å²) in [7, 11) is 0. The molecule has 1 fully saturated rings.